The standard InChI is InChI=1S/C26H28N2O5/c1-2-3-16-33-24-13-12-23(21-6-4-5-7-22(21)24)27-25(29)26(14-17-32-18-15-26)19-8-10-20(11-9-19)28(30)31/h4-13H,2-3,14-18H2,1H3,(H,27,29). The Morgan fingerprint density at radius 1 is 1.06 bits per heavy atom. The van der Waals surface area contributed by atoms with Crippen molar-refractivity contribution in [3.05, 3.63) is 76.3 Å². The van der Waals surface area contributed by atoms with Crippen molar-refractivity contribution in [1.29, 1.82) is 0 Å². The molecule has 7 nitrogen and oxygen atoms in total. The molecule has 0 atom stereocenters. The first-order valence-electron chi connectivity index (χ1n) is 11.3. The van der Waals surface area contributed by atoms with E-state index in [1.54, 1.807) is 12.1 Å². The second-order valence-electron chi connectivity index (χ2n) is 8.31. The Morgan fingerprint density at radius 2 is 1.76 bits per heavy atom. The topological polar surface area (TPSA) is 90.7 Å². The van der Waals surface area contributed by atoms with E-state index in [1.165, 1.54) is 12.1 Å². The first-order valence-corrected chi connectivity index (χ1v) is 11.3. The summed E-state index contributed by atoms with van der Waals surface area (Å²) in [4.78, 5) is 24.4. The van der Waals surface area contributed by atoms with Gasteiger partial charge in [0.25, 0.3) is 5.69 Å². The number of nitrogens with one attached hydrogen (secondary N) is 1. The van der Waals surface area contributed by atoms with Crippen LogP contribution in [0.1, 0.15) is 38.2 Å². The van der Waals surface area contributed by atoms with Crippen LogP contribution in [0, 0.1) is 10.1 Å². The summed E-state index contributed by atoms with van der Waals surface area (Å²) >= 11 is 0. The van der Waals surface area contributed by atoms with Crippen molar-refractivity contribution >= 4 is 28.1 Å². The van der Waals surface area contributed by atoms with Gasteiger partial charge in [-0.25, -0.2) is 0 Å². The van der Waals surface area contributed by atoms with Crippen molar-refractivity contribution in [1.82, 2.24) is 0 Å². The van der Waals surface area contributed by atoms with E-state index in [0.717, 1.165) is 34.9 Å². The van der Waals surface area contributed by atoms with Gasteiger partial charge in [-0.2, -0.15) is 0 Å². The molecule has 0 aromatic heterocycles. The fourth-order valence-corrected chi connectivity index (χ4v) is 4.34. The molecule has 0 bridgehead atoms. The van der Waals surface area contributed by atoms with Gasteiger partial charge in [-0.3, -0.25) is 14.9 Å². The Hall–Kier alpha value is -3.45. The lowest BCUT2D eigenvalue weighted by atomic mass is 9.73. The molecule has 1 fully saturated rings. The molecule has 3 aromatic rings. The molecule has 33 heavy (non-hydrogen) atoms. The molecule has 0 unspecified atom stereocenters. The molecular weight excluding hydrogens is 420 g/mol. The number of non-ortho nitro benzene ring substituents is 1. The number of nitro benzene ring substituents is 1. The first kappa shape index (κ1) is 22.7. The fourth-order valence-electron chi connectivity index (χ4n) is 4.34. The zero-order valence-electron chi connectivity index (χ0n) is 18.7. The maximum absolute atomic E-state index is 13.7. The lowest BCUT2D eigenvalue weighted by molar-refractivity contribution is -0.384. The van der Waals surface area contributed by atoms with Gasteiger partial charge in [0, 0.05) is 41.8 Å². The van der Waals surface area contributed by atoms with Gasteiger partial charge < -0.3 is 14.8 Å². The van der Waals surface area contributed by atoms with Crippen molar-refractivity contribution in [2.75, 3.05) is 25.1 Å². The van der Waals surface area contributed by atoms with Gasteiger partial charge in [0.2, 0.25) is 5.91 Å². The number of anilines is 1. The first-order chi connectivity index (χ1) is 16.0. The van der Waals surface area contributed by atoms with Crippen LogP contribution in [0.2, 0.25) is 0 Å². The Balaban J connectivity index is 1.66. The van der Waals surface area contributed by atoms with Crippen LogP contribution in [-0.2, 0) is 14.9 Å². The number of ether oxygens (including phenoxy) is 2. The average molecular weight is 449 g/mol. The van der Waals surface area contributed by atoms with Gasteiger partial charge >= 0.3 is 0 Å². The zero-order valence-corrected chi connectivity index (χ0v) is 18.7. The minimum Gasteiger partial charge on any atom is -0.493 e. The molecule has 172 valence electrons. The Kier molecular flexibility index (Phi) is 6.89. The summed E-state index contributed by atoms with van der Waals surface area (Å²) in [7, 11) is 0. The molecule has 1 aliphatic rings. The lowest BCUT2D eigenvalue weighted by Gasteiger charge is -2.36. The fraction of sp³-hybridized carbons (Fsp3) is 0.346. The van der Waals surface area contributed by atoms with E-state index in [9.17, 15) is 14.9 Å². The van der Waals surface area contributed by atoms with E-state index >= 15 is 0 Å². The summed E-state index contributed by atoms with van der Waals surface area (Å²) in [5.41, 5.74) is 0.667. The van der Waals surface area contributed by atoms with E-state index in [4.69, 9.17) is 9.47 Å². The minimum atomic E-state index is -0.815. The highest BCUT2D eigenvalue weighted by Crippen LogP contribution is 2.38. The van der Waals surface area contributed by atoms with E-state index in [0.29, 0.717) is 38.3 Å². The van der Waals surface area contributed by atoms with Crippen LogP contribution < -0.4 is 10.1 Å². The number of carbonyl (C=O) groups is 1. The zero-order chi connectivity index (χ0) is 23.3. The summed E-state index contributed by atoms with van der Waals surface area (Å²) in [5.74, 6) is 0.664. The molecule has 0 spiro atoms. The monoisotopic (exact) mass is 448 g/mol. The number of nitrogens with zero attached hydrogens (tertiary/aromatic N) is 1. The molecule has 1 heterocycles. The molecule has 0 aliphatic carbocycles. The van der Waals surface area contributed by atoms with Crippen molar-refractivity contribution in [3.8, 4) is 5.75 Å². The van der Waals surface area contributed by atoms with E-state index in [2.05, 4.69) is 12.2 Å². The highest BCUT2D eigenvalue weighted by Gasteiger charge is 2.42. The maximum Gasteiger partial charge on any atom is 0.269 e. The van der Waals surface area contributed by atoms with Crippen LogP contribution in [0.3, 0.4) is 0 Å². The lowest BCUT2D eigenvalue weighted by Crippen LogP contribution is -2.44. The van der Waals surface area contributed by atoms with Crippen LogP contribution in [0.25, 0.3) is 10.8 Å². The summed E-state index contributed by atoms with van der Waals surface area (Å²) in [6.45, 7) is 3.68. The Bertz CT molecular complexity index is 1140. The van der Waals surface area contributed by atoms with Gasteiger partial charge in [0.15, 0.2) is 0 Å². The van der Waals surface area contributed by atoms with Gasteiger partial charge in [-0.15, -0.1) is 0 Å². The molecule has 3 aromatic carbocycles. The minimum absolute atomic E-state index is 0.00558. The highest BCUT2D eigenvalue weighted by atomic mass is 16.6. The van der Waals surface area contributed by atoms with Gasteiger partial charge in [-0.05, 0) is 37.0 Å². The van der Waals surface area contributed by atoms with Crippen molar-refractivity contribution < 1.29 is 19.2 Å². The third-order valence-electron chi connectivity index (χ3n) is 6.30. The van der Waals surface area contributed by atoms with Crippen LogP contribution in [-0.4, -0.2) is 30.7 Å². The SMILES string of the molecule is CCCCOc1ccc(NC(=O)C2(c3ccc([N+](=O)[O-])cc3)CCOCC2)c2ccccc12. The van der Waals surface area contributed by atoms with E-state index < -0.39 is 10.3 Å². The average Bonchev–Trinajstić information content (AvgIpc) is 2.85. The molecule has 1 saturated heterocycles. The molecule has 0 radical (unpaired) electrons. The number of carbonyl (C=O) groups excluding carboxylic acids is 1. The van der Waals surface area contributed by atoms with Crippen LogP contribution in [0.4, 0.5) is 11.4 Å². The third kappa shape index (κ3) is 4.68. The summed E-state index contributed by atoms with van der Waals surface area (Å²) < 4.78 is 11.5. The van der Waals surface area contributed by atoms with E-state index in [-0.39, 0.29) is 11.6 Å². The number of hydrogen-bond donors (Lipinski definition) is 1. The van der Waals surface area contributed by atoms with Crippen LogP contribution in [0.15, 0.2) is 60.7 Å². The largest absolute Gasteiger partial charge is 0.493 e. The quantitative estimate of drug-likeness (QED) is 0.275. The van der Waals surface area contributed by atoms with Gasteiger partial charge in [-0.1, -0.05) is 49.7 Å². The molecule has 4 rings (SSSR count). The number of nitro groups is 1. The van der Waals surface area contributed by atoms with E-state index in [1.807, 2.05) is 36.4 Å². The predicted octanol–water partition coefficient (Wildman–Crippen LogP) is 5.61. The summed E-state index contributed by atoms with van der Waals surface area (Å²) in [5, 5.41) is 16.1. The highest BCUT2D eigenvalue weighted by molar-refractivity contribution is 6.07. The second-order valence-corrected chi connectivity index (χ2v) is 8.31. The second kappa shape index (κ2) is 10.0. The number of rotatable bonds is 8. The molecule has 1 N–H and O–H groups in total. The van der Waals surface area contributed by atoms with Gasteiger partial charge in [0.05, 0.1) is 16.9 Å². The van der Waals surface area contributed by atoms with Crippen molar-refractivity contribution in [2.45, 2.75) is 38.0 Å². The molecule has 1 amide bonds. The number of hydrogen-bond acceptors (Lipinski definition) is 5. The molecule has 1 aliphatic heterocycles. The molecule has 0 saturated carbocycles. The molecule has 7 heteroatoms. The Morgan fingerprint density at radius 3 is 2.42 bits per heavy atom. The maximum atomic E-state index is 13.7. The normalized spacial score (nSPS) is 15.2. The Labute approximate surface area is 192 Å². The van der Waals surface area contributed by atoms with Crippen LogP contribution >= 0.6 is 0 Å². The number of fused-ring (bicyclic) bond motifs is 1. The number of unbranched alkanes of at least 4 members (excludes halogenated alkanes) is 1. The van der Waals surface area contributed by atoms with Crippen molar-refractivity contribution in [3.63, 3.8) is 0 Å². The van der Waals surface area contributed by atoms with Gasteiger partial charge in [0.1, 0.15) is 5.75 Å². The predicted molar refractivity (Wildman–Crippen MR) is 128 cm³/mol. The number of amides is 1. The van der Waals surface area contributed by atoms with Crippen LogP contribution in [0.5, 0.6) is 5.75 Å². The van der Waals surface area contributed by atoms with Crippen molar-refractivity contribution in [2.24, 2.45) is 0 Å². The summed E-state index contributed by atoms with van der Waals surface area (Å²) in [6, 6.07) is 17.9. The molecular formula is C26H28N2O5. The number of benzene rings is 3. The summed E-state index contributed by atoms with van der Waals surface area (Å²) in [6.07, 6.45) is 3.05. The third-order valence-corrected chi connectivity index (χ3v) is 6.30. The smallest absolute Gasteiger partial charge is 0.269 e.